The summed E-state index contributed by atoms with van der Waals surface area (Å²) in [4.78, 5) is 2.18. The number of hydrogen-bond acceptors (Lipinski definition) is 1. The summed E-state index contributed by atoms with van der Waals surface area (Å²) in [5.74, 6) is -1.05. The smallest absolute Gasteiger partial charge is 0.159 e. The molecule has 1 aliphatic heterocycles. The topological polar surface area (TPSA) is 3.24 Å². The van der Waals surface area contributed by atoms with E-state index >= 15 is 0 Å². The first-order valence-electron chi connectivity index (χ1n) is 5.86. The molecule has 1 aliphatic rings. The van der Waals surface area contributed by atoms with Gasteiger partial charge in [0.05, 0.1) is 0 Å². The maximum atomic E-state index is 13.1. The van der Waals surface area contributed by atoms with E-state index in [-0.39, 0.29) is 5.38 Å². The molecule has 0 saturated carbocycles. The maximum absolute atomic E-state index is 13.1. The van der Waals surface area contributed by atoms with E-state index in [9.17, 15) is 8.78 Å². The van der Waals surface area contributed by atoms with Crippen LogP contribution < -0.4 is 0 Å². The molecule has 2 unspecified atom stereocenters. The van der Waals surface area contributed by atoms with Crippen molar-refractivity contribution >= 4 is 11.6 Å². The highest BCUT2D eigenvalue weighted by atomic mass is 35.5. The lowest BCUT2D eigenvalue weighted by atomic mass is 9.98. The Bertz CT molecular complexity index is 397. The molecule has 4 heteroatoms. The van der Waals surface area contributed by atoms with Crippen LogP contribution in [0.1, 0.15) is 18.9 Å². The van der Waals surface area contributed by atoms with Gasteiger partial charge in [-0.1, -0.05) is 13.0 Å². The van der Waals surface area contributed by atoms with Crippen molar-refractivity contribution in [2.75, 3.05) is 13.1 Å². The second kappa shape index (κ2) is 5.32. The third-order valence-electron chi connectivity index (χ3n) is 3.34. The first-order valence-corrected chi connectivity index (χ1v) is 6.30. The summed E-state index contributed by atoms with van der Waals surface area (Å²) < 4.78 is 25.8. The number of hydrogen-bond donors (Lipinski definition) is 0. The molecule has 0 N–H and O–H groups in total. The van der Waals surface area contributed by atoms with E-state index in [0.29, 0.717) is 12.5 Å². The fraction of sp³-hybridized carbons (Fsp3) is 0.538. The largest absolute Gasteiger partial charge is 0.298 e. The van der Waals surface area contributed by atoms with Gasteiger partial charge in [0.2, 0.25) is 0 Å². The fourth-order valence-corrected chi connectivity index (χ4v) is 2.45. The number of alkyl halides is 1. The van der Waals surface area contributed by atoms with Gasteiger partial charge in [0, 0.05) is 18.5 Å². The van der Waals surface area contributed by atoms with Gasteiger partial charge in [-0.2, -0.15) is 0 Å². The van der Waals surface area contributed by atoms with E-state index in [0.717, 1.165) is 25.1 Å². The van der Waals surface area contributed by atoms with Crippen molar-refractivity contribution < 1.29 is 8.78 Å². The van der Waals surface area contributed by atoms with Crippen molar-refractivity contribution in [1.82, 2.24) is 4.90 Å². The van der Waals surface area contributed by atoms with E-state index in [2.05, 4.69) is 11.8 Å². The number of rotatable bonds is 2. The molecule has 0 amide bonds. The minimum absolute atomic E-state index is 0.147. The molecule has 0 radical (unpaired) electrons. The van der Waals surface area contributed by atoms with Crippen LogP contribution in [0.25, 0.3) is 0 Å². The maximum Gasteiger partial charge on any atom is 0.159 e. The fourth-order valence-electron chi connectivity index (χ4n) is 2.12. The minimum Gasteiger partial charge on any atom is -0.298 e. The van der Waals surface area contributed by atoms with Crippen LogP contribution in [-0.2, 0) is 6.54 Å². The summed E-state index contributed by atoms with van der Waals surface area (Å²) in [6.07, 6.45) is 1.05. The first-order chi connectivity index (χ1) is 8.06. The van der Waals surface area contributed by atoms with Crippen LogP contribution in [-0.4, -0.2) is 23.4 Å². The second-order valence-corrected chi connectivity index (χ2v) is 5.33. The molecule has 2 rings (SSSR count). The molecule has 17 heavy (non-hydrogen) atoms. The number of benzene rings is 1. The summed E-state index contributed by atoms with van der Waals surface area (Å²) in [5.41, 5.74) is 0.794. The Labute approximate surface area is 105 Å². The SMILES string of the molecule is CC1CCN(Cc2ccc(F)c(F)c2)CC1Cl. The Kier molecular flexibility index (Phi) is 4.00. The van der Waals surface area contributed by atoms with E-state index < -0.39 is 11.6 Å². The summed E-state index contributed by atoms with van der Waals surface area (Å²) in [6.45, 7) is 4.55. The van der Waals surface area contributed by atoms with Gasteiger partial charge in [0.1, 0.15) is 0 Å². The summed E-state index contributed by atoms with van der Waals surface area (Å²) in [7, 11) is 0. The van der Waals surface area contributed by atoms with Crippen LogP contribution in [0.5, 0.6) is 0 Å². The summed E-state index contributed by atoms with van der Waals surface area (Å²) in [5, 5.41) is 0.147. The Hall–Kier alpha value is -0.670. The van der Waals surface area contributed by atoms with E-state index in [4.69, 9.17) is 11.6 Å². The molecule has 2 atom stereocenters. The highest BCUT2D eigenvalue weighted by Crippen LogP contribution is 2.23. The third kappa shape index (κ3) is 3.17. The quantitative estimate of drug-likeness (QED) is 0.736. The number of halogens is 3. The number of likely N-dealkylation sites (tertiary alicyclic amines) is 1. The molecule has 0 bridgehead atoms. The van der Waals surface area contributed by atoms with Gasteiger partial charge in [-0.3, -0.25) is 4.90 Å². The van der Waals surface area contributed by atoms with Gasteiger partial charge in [-0.15, -0.1) is 11.6 Å². The summed E-state index contributed by atoms with van der Waals surface area (Å²) >= 11 is 6.21. The van der Waals surface area contributed by atoms with Gasteiger partial charge < -0.3 is 0 Å². The van der Waals surface area contributed by atoms with Crippen molar-refractivity contribution in [1.29, 1.82) is 0 Å². The molecule has 1 aromatic carbocycles. The lowest BCUT2D eigenvalue weighted by Gasteiger charge is -2.33. The zero-order valence-corrected chi connectivity index (χ0v) is 10.6. The van der Waals surface area contributed by atoms with E-state index in [1.54, 1.807) is 6.07 Å². The third-order valence-corrected chi connectivity index (χ3v) is 3.91. The van der Waals surface area contributed by atoms with Crippen molar-refractivity contribution in [3.63, 3.8) is 0 Å². The number of piperidine rings is 1. The molecule has 1 aromatic rings. The van der Waals surface area contributed by atoms with E-state index in [1.165, 1.54) is 12.1 Å². The lowest BCUT2D eigenvalue weighted by molar-refractivity contribution is 0.189. The van der Waals surface area contributed by atoms with Crippen molar-refractivity contribution in [3.8, 4) is 0 Å². The molecule has 1 saturated heterocycles. The van der Waals surface area contributed by atoms with Crippen LogP contribution in [0.4, 0.5) is 8.78 Å². The normalized spacial score (nSPS) is 26.1. The molecule has 94 valence electrons. The van der Waals surface area contributed by atoms with Crippen molar-refractivity contribution in [2.45, 2.75) is 25.3 Å². The molecule has 0 aromatic heterocycles. The Balaban J connectivity index is 1.99. The minimum atomic E-state index is -0.795. The van der Waals surface area contributed by atoms with Gasteiger partial charge in [0.15, 0.2) is 11.6 Å². The lowest BCUT2D eigenvalue weighted by Crippen LogP contribution is -2.39. The van der Waals surface area contributed by atoms with Crippen molar-refractivity contribution in [3.05, 3.63) is 35.4 Å². The molecule has 0 spiro atoms. The molecule has 1 heterocycles. The molecule has 1 nitrogen and oxygen atoms in total. The predicted molar refractivity (Wildman–Crippen MR) is 65.1 cm³/mol. The van der Waals surface area contributed by atoms with Crippen LogP contribution in [0.3, 0.4) is 0 Å². The van der Waals surface area contributed by atoms with E-state index in [1.807, 2.05) is 0 Å². The standard InChI is InChI=1S/C13H16ClF2N/c1-9-4-5-17(8-11(9)14)7-10-2-3-12(15)13(16)6-10/h2-3,6,9,11H,4-5,7-8H2,1H3. The van der Waals surface area contributed by atoms with Gasteiger partial charge in [-0.05, 0) is 36.6 Å². The average molecular weight is 260 g/mol. The average Bonchev–Trinajstić information content (AvgIpc) is 2.29. The Morgan fingerprint density at radius 2 is 2.12 bits per heavy atom. The van der Waals surface area contributed by atoms with Gasteiger partial charge in [-0.25, -0.2) is 8.78 Å². The van der Waals surface area contributed by atoms with Crippen LogP contribution in [0.15, 0.2) is 18.2 Å². The van der Waals surface area contributed by atoms with Crippen LogP contribution in [0, 0.1) is 17.6 Å². The van der Waals surface area contributed by atoms with Crippen LogP contribution in [0.2, 0.25) is 0 Å². The second-order valence-electron chi connectivity index (χ2n) is 4.77. The first kappa shape index (κ1) is 12.8. The monoisotopic (exact) mass is 259 g/mol. The molecular weight excluding hydrogens is 244 g/mol. The molecule has 1 fully saturated rings. The zero-order chi connectivity index (χ0) is 12.4. The molecule has 0 aliphatic carbocycles. The van der Waals surface area contributed by atoms with Crippen molar-refractivity contribution in [2.24, 2.45) is 5.92 Å². The van der Waals surface area contributed by atoms with Gasteiger partial charge >= 0.3 is 0 Å². The Morgan fingerprint density at radius 3 is 2.76 bits per heavy atom. The number of nitrogens with zero attached hydrogens (tertiary/aromatic N) is 1. The highest BCUT2D eigenvalue weighted by Gasteiger charge is 2.24. The van der Waals surface area contributed by atoms with Gasteiger partial charge in [0.25, 0.3) is 0 Å². The highest BCUT2D eigenvalue weighted by molar-refractivity contribution is 6.21. The van der Waals surface area contributed by atoms with Crippen LogP contribution >= 0.6 is 11.6 Å². The zero-order valence-electron chi connectivity index (χ0n) is 9.80. The Morgan fingerprint density at radius 1 is 1.35 bits per heavy atom. The molecular formula is C13H16ClF2N. The predicted octanol–water partition coefficient (Wildman–Crippen LogP) is 3.41. The summed E-state index contributed by atoms with van der Waals surface area (Å²) in [6, 6.07) is 4.06.